The van der Waals surface area contributed by atoms with E-state index in [-0.39, 0.29) is 28.6 Å². The zero-order chi connectivity index (χ0) is 28.2. The van der Waals surface area contributed by atoms with Gasteiger partial charge in [0, 0.05) is 47.5 Å². The molecule has 204 valence electrons. The summed E-state index contributed by atoms with van der Waals surface area (Å²) in [6.45, 7) is 1.92. The maximum Gasteiger partial charge on any atom is 0.276 e. The molecule has 4 atom stereocenters. The van der Waals surface area contributed by atoms with Crippen LogP contribution in [0.4, 0.5) is 0 Å². The molecule has 0 radical (unpaired) electrons. The van der Waals surface area contributed by atoms with E-state index in [0.717, 1.165) is 33.8 Å². The number of hydrazone groups is 1. The molecule has 6 rings (SSSR count). The third-order valence-electron chi connectivity index (χ3n) is 7.74. The number of sulfonamides is 1. The van der Waals surface area contributed by atoms with Crippen LogP contribution in [0.5, 0.6) is 0 Å². The summed E-state index contributed by atoms with van der Waals surface area (Å²) in [5, 5.41) is 4.78. The van der Waals surface area contributed by atoms with Crippen LogP contribution in [0, 0.1) is 6.92 Å². The number of hydrogen-bond acceptors (Lipinski definition) is 5. The highest BCUT2D eigenvalue weighted by atomic mass is 32.2. The minimum atomic E-state index is -3.91. The summed E-state index contributed by atoms with van der Waals surface area (Å²) in [5.74, 6) is -0.823. The van der Waals surface area contributed by atoms with E-state index >= 15 is 0 Å². The van der Waals surface area contributed by atoms with Gasteiger partial charge in [-0.3, -0.25) is 9.97 Å². The number of nitrogens with zero attached hydrogens (tertiary/aromatic N) is 3. The Hall–Kier alpha value is -4.62. The van der Waals surface area contributed by atoms with E-state index in [9.17, 15) is 8.42 Å². The van der Waals surface area contributed by atoms with Crippen LogP contribution in [0.15, 0.2) is 144 Å². The molecule has 1 aliphatic carbocycles. The summed E-state index contributed by atoms with van der Waals surface area (Å²) in [6.07, 6.45) is 3.61. The maximum absolute atomic E-state index is 13.4. The molecule has 1 saturated carbocycles. The standard InChI is InChI=1S/C34H30N4O2S/c1-24-18-20-27(21-19-24)41(39,40)38-37-34-30(25-12-4-2-5-13-25)32(28-16-8-10-22-35-28)33(29-17-9-11-23-36-29)31(34)26-14-6-3-7-15-26/h2-23,30-33,38H,1H3/t30-,31-,32-,33-/m0/s1. The van der Waals surface area contributed by atoms with E-state index in [1.54, 1.807) is 36.7 Å². The summed E-state index contributed by atoms with van der Waals surface area (Å²) in [6, 6.07) is 38.9. The van der Waals surface area contributed by atoms with Crippen molar-refractivity contribution in [2.24, 2.45) is 5.10 Å². The summed E-state index contributed by atoms with van der Waals surface area (Å²) >= 11 is 0. The predicted molar refractivity (Wildman–Crippen MR) is 161 cm³/mol. The van der Waals surface area contributed by atoms with Crippen molar-refractivity contribution in [3.8, 4) is 0 Å². The largest absolute Gasteiger partial charge is 0.276 e. The number of hydrogen-bond donors (Lipinski definition) is 1. The van der Waals surface area contributed by atoms with E-state index < -0.39 is 10.0 Å². The van der Waals surface area contributed by atoms with Gasteiger partial charge in [0.25, 0.3) is 10.0 Å². The number of nitrogens with one attached hydrogen (secondary N) is 1. The molecule has 6 nitrogen and oxygen atoms in total. The van der Waals surface area contributed by atoms with Gasteiger partial charge in [0.05, 0.1) is 10.6 Å². The van der Waals surface area contributed by atoms with Crippen LogP contribution in [-0.4, -0.2) is 24.1 Å². The van der Waals surface area contributed by atoms with Gasteiger partial charge < -0.3 is 0 Å². The molecule has 0 aliphatic heterocycles. The lowest BCUT2D eigenvalue weighted by atomic mass is 9.78. The van der Waals surface area contributed by atoms with E-state index in [1.165, 1.54) is 0 Å². The Kier molecular flexibility index (Phi) is 7.44. The normalized spacial score (nSPS) is 20.5. The Morgan fingerprint density at radius 1 is 0.610 bits per heavy atom. The van der Waals surface area contributed by atoms with Crippen LogP contribution < -0.4 is 4.83 Å². The van der Waals surface area contributed by atoms with Gasteiger partial charge in [0.15, 0.2) is 0 Å². The number of rotatable bonds is 7. The van der Waals surface area contributed by atoms with Gasteiger partial charge in [0.2, 0.25) is 0 Å². The first-order valence-electron chi connectivity index (χ1n) is 13.6. The van der Waals surface area contributed by atoms with Gasteiger partial charge in [-0.15, -0.1) is 0 Å². The zero-order valence-corrected chi connectivity index (χ0v) is 23.4. The molecule has 0 saturated heterocycles. The maximum atomic E-state index is 13.4. The molecule has 1 fully saturated rings. The Bertz CT molecular complexity index is 1640. The van der Waals surface area contributed by atoms with Crippen molar-refractivity contribution in [1.29, 1.82) is 0 Å². The summed E-state index contributed by atoms with van der Waals surface area (Å²) in [7, 11) is -3.91. The number of benzene rings is 3. The van der Waals surface area contributed by atoms with Crippen molar-refractivity contribution in [3.05, 3.63) is 162 Å². The Morgan fingerprint density at radius 2 is 1.07 bits per heavy atom. The summed E-state index contributed by atoms with van der Waals surface area (Å²) in [4.78, 5) is 12.4. The van der Waals surface area contributed by atoms with Gasteiger partial charge in [-0.2, -0.15) is 13.5 Å². The Morgan fingerprint density at radius 3 is 1.51 bits per heavy atom. The highest BCUT2D eigenvalue weighted by Gasteiger charge is 2.52. The van der Waals surface area contributed by atoms with Crippen LogP contribution in [0.3, 0.4) is 0 Å². The van der Waals surface area contributed by atoms with E-state index in [0.29, 0.717) is 0 Å². The van der Waals surface area contributed by atoms with Crippen molar-refractivity contribution in [2.75, 3.05) is 0 Å². The highest BCUT2D eigenvalue weighted by molar-refractivity contribution is 7.89. The van der Waals surface area contributed by atoms with Crippen LogP contribution >= 0.6 is 0 Å². The lowest BCUT2D eigenvalue weighted by Gasteiger charge is -2.26. The van der Waals surface area contributed by atoms with Crippen LogP contribution in [-0.2, 0) is 10.0 Å². The lowest BCUT2D eigenvalue weighted by molar-refractivity contribution is 0.529. The molecule has 41 heavy (non-hydrogen) atoms. The molecular formula is C34H30N4O2S. The molecular weight excluding hydrogens is 528 g/mol. The van der Waals surface area contributed by atoms with Crippen molar-refractivity contribution in [1.82, 2.24) is 14.8 Å². The molecule has 1 N–H and O–H groups in total. The molecule has 1 aliphatic rings. The first kappa shape index (κ1) is 26.6. The van der Waals surface area contributed by atoms with Gasteiger partial charge in [0.1, 0.15) is 0 Å². The number of aryl methyl sites for hydroxylation is 1. The Balaban J connectivity index is 1.59. The fourth-order valence-corrected chi connectivity index (χ4v) is 6.76. The molecule has 0 unspecified atom stereocenters. The lowest BCUT2D eigenvalue weighted by Crippen LogP contribution is -2.24. The minimum absolute atomic E-state index is 0.152. The molecule has 7 heteroatoms. The molecule has 5 aromatic rings. The number of pyridine rings is 2. The quantitative estimate of drug-likeness (QED) is 0.229. The second-order valence-electron chi connectivity index (χ2n) is 10.3. The molecule has 0 bridgehead atoms. The second-order valence-corrected chi connectivity index (χ2v) is 11.9. The van der Waals surface area contributed by atoms with Crippen molar-refractivity contribution < 1.29 is 8.42 Å². The molecule has 2 aromatic heterocycles. The molecule has 0 spiro atoms. The average Bonchev–Trinajstić information content (AvgIpc) is 3.37. The summed E-state index contributed by atoms with van der Waals surface area (Å²) in [5.41, 5.74) is 5.60. The fourth-order valence-electron chi connectivity index (χ4n) is 5.93. The Labute approximate surface area is 240 Å². The van der Waals surface area contributed by atoms with Crippen molar-refractivity contribution in [3.63, 3.8) is 0 Å². The van der Waals surface area contributed by atoms with Gasteiger partial charge in [-0.05, 0) is 54.4 Å². The monoisotopic (exact) mass is 558 g/mol. The third kappa shape index (κ3) is 5.41. The first-order chi connectivity index (χ1) is 20.0. The second kappa shape index (κ2) is 11.5. The summed E-state index contributed by atoms with van der Waals surface area (Å²) < 4.78 is 26.9. The predicted octanol–water partition coefficient (Wildman–Crippen LogP) is 6.57. The van der Waals surface area contributed by atoms with Crippen LogP contribution in [0.25, 0.3) is 0 Å². The van der Waals surface area contributed by atoms with Crippen molar-refractivity contribution >= 4 is 15.7 Å². The van der Waals surface area contributed by atoms with E-state index in [1.807, 2.05) is 79.7 Å². The third-order valence-corrected chi connectivity index (χ3v) is 8.97. The first-order valence-corrected chi connectivity index (χ1v) is 15.1. The van der Waals surface area contributed by atoms with Crippen LogP contribution in [0.1, 0.15) is 51.7 Å². The van der Waals surface area contributed by atoms with Gasteiger partial charge >= 0.3 is 0 Å². The average molecular weight is 559 g/mol. The smallest absolute Gasteiger partial charge is 0.261 e. The van der Waals surface area contributed by atoms with Crippen LogP contribution in [0.2, 0.25) is 0 Å². The highest BCUT2D eigenvalue weighted by Crippen LogP contribution is 2.58. The van der Waals surface area contributed by atoms with E-state index in [2.05, 4.69) is 29.1 Å². The SMILES string of the molecule is Cc1ccc(S(=O)(=O)NN=C2[C@@H](c3ccccc3)[C@H](c3ccccn3)[C@@H](c3ccccn3)[C@@H]2c2ccccc2)cc1. The molecule has 2 heterocycles. The topological polar surface area (TPSA) is 84.3 Å². The number of aromatic nitrogens is 2. The minimum Gasteiger partial charge on any atom is -0.261 e. The van der Waals surface area contributed by atoms with E-state index in [4.69, 9.17) is 15.1 Å². The van der Waals surface area contributed by atoms with Gasteiger partial charge in [-0.25, -0.2) is 4.83 Å². The zero-order valence-electron chi connectivity index (χ0n) is 22.6. The molecule has 0 amide bonds. The van der Waals surface area contributed by atoms with Crippen molar-refractivity contribution in [2.45, 2.75) is 35.5 Å². The molecule has 3 aromatic carbocycles. The fraction of sp³-hybridized carbons (Fsp3) is 0.147. The van der Waals surface area contributed by atoms with Gasteiger partial charge in [-0.1, -0.05) is 90.5 Å².